The molecular formula is C25H26O5. The van der Waals surface area contributed by atoms with E-state index >= 15 is 0 Å². The highest BCUT2D eigenvalue weighted by atomic mass is 16.5. The second kappa shape index (κ2) is 7.24. The van der Waals surface area contributed by atoms with Gasteiger partial charge in [-0.2, -0.15) is 0 Å². The molecule has 4 rings (SSSR count). The second-order valence-electron chi connectivity index (χ2n) is 8.66. The molecule has 0 aromatic heterocycles. The number of carbonyl (C=O) groups excluding carboxylic acids is 1. The molecule has 1 atom stereocenters. The van der Waals surface area contributed by atoms with E-state index in [1.807, 2.05) is 45.9 Å². The third-order valence-corrected chi connectivity index (χ3v) is 5.41. The normalized spacial score (nSPS) is 18.7. The Bertz CT molecular complexity index is 1090. The van der Waals surface area contributed by atoms with Gasteiger partial charge >= 0.3 is 0 Å². The molecule has 5 nitrogen and oxygen atoms in total. The third-order valence-electron chi connectivity index (χ3n) is 5.41. The first kappa shape index (κ1) is 20.1. The zero-order valence-electron chi connectivity index (χ0n) is 17.7. The van der Waals surface area contributed by atoms with E-state index in [1.165, 1.54) is 0 Å². The van der Waals surface area contributed by atoms with E-state index in [0.717, 1.165) is 16.7 Å². The molecule has 0 saturated heterocycles. The van der Waals surface area contributed by atoms with Gasteiger partial charge in [-0.1, -0.05) is 17.7 Å². The minimum Gasteiger partial charge on any atom is -0.508 e. The molecule has 2 aliphatic rings. The van der Waals surface area contributed by atoms with Crippen LogP contribution in [0.3, 0.4) is 0 Å². The van der Waals surface area contributed by atoms with Crippen LogP contribution in [0.2, 0.25) is 0 Å². The summed E-state index contributed by atoms with van der Waals surface area (Å²) in [5, 5.41) is 20.9. The van der Waals surface area contributed by atoms with E-state index < -0.39 is 11.7 Å². The van der Waals surface area contributed by atoms with Gasteiger partial charge in [0.1, 0.15) is 40.3 Å². The van der Waals surface area contributed by atoms with Crippen molar-refractivity contribution in [1.82, 2.24) is 0 Å². The van der Waals surface area contributed by atoms with Gasteiger partial charge in [0.25, 0.3) is 0 Å². The van der Waals surface area contributed by atoms with Crippen LogP contribution in [0.1, 0.15) is 67.3 Å². The zero-order valence-corrected chi connectivity index (χ0v) is 17.7. The predicted molar refractivity (Wildman–Crippen MR) is 115 cm³/mol. The Morgan fingerprint density at radius 1 is 1.20 bits per heavy atom. The van der Waals surface area contributed by atoms with E-state index in [0.29, 0.717) is 23.5 Å². The van der Waals surface area contributed by atoms with Crippen LogP contribution < -0.4 is 9.47 Å². The lowest BCUT2D eigenvalue weighted by molar-refractivity contribution is 0.0842. The summed E-state index contributed by atoms with van der Waals surface area (Å²) in [5.74, 6) is 0.735. The quantitative estimate of drug-likeness (QED) is 0.659. The maximum Gasteiger partial charge on any atom is 0.174 e. The van der Waals surface area contributed by atoms with Crippen molar-refractivity contribution in [2.24, 2.45) is 0 Å². The smallest absolute Gasteiger partial charge is 0.174 e. The Morgan fingerprint density at radius 3 is 2.70 bits per heavy atom. The van der Waals surface area contributed by atoms with Crippen molar-refractivity contribution in [3.8, 4) is 23.0 Å². The first-order valence-electron chi connectivity index (χ1n) is 10.1. The van der Waals surface area contributed by atoms with Crippen LogP contribution in [0.15, 0.2) is 42.0 Å². The Kier molecular flexibility index (Phi) is 4.85. The Labute approximate surface area is 176 Å². The molecule has 0 amide bonds. The fourth-order valence-corrected chi connectivity index (χ4v) is 3.78. The molecule has 2 N–H and O–H groups in total. The summed E-state index contributed by atoms with van der Waals surface area (Å²) in [6, 6.07) is 6.96. The summed E-state index contributed by atoms with van der Waals surface area (Å²) in [4.78, 5) is 12.9. The van der Waals surface area contributed by atoms with Gasteiger partial charge in [-0.05, 0) is 69.5 Å². The number of aromatic hydroxyl groups is 2. The highest BCUT2D eigenvalue weighted by Crippen LogP contribution is 2.47. The van der Waals surface area contributed by atoms with Crippen LogP contribution in [0.5, 0.6) is 23.0 Å². The van der Waals surface area contributed by atoms with Gasteiger partial charge in [0.05, 0.1) is 12.0 Å². The number of rotatable bonds is 3. The van der Waals surface area contributed by atoms with E-state index in [4.69, 9.17) is 9.47 Å². The molecule has 0 bridgehead atoms. The summed E-state index contributed by atoms with van der Waals surface area (Å²) in [6.07, 6.45) is 5.88. The van der Waals surface area contributed by atoms with Crippen LogP contribution in [0, 0.1) is 0 Å². The van der Waals surface area contributed by atoms with Crippen LogP contribution in [-0.4, -0.2) is 21.6 Å². The summed E-state index contributed by atoms with van der Waals surface area (Å²) < 4.78 is 12.1. The standard InChI is InChI=1S/C25H26O5/c1-14(2)5-6-15-11-16(7-8-18(15)26)20-12-19(27)23-22(29-20)13-21-17(24(23)28)9-10-25(3,4)30-21/h5,7-11,13,20,26,28H,6,12H2,1-4H3/t20-/m1/s1. The van der Waals surface area contributed by atoms with Crippen LogP contribution >= 0.6 is 0 Å². The molecule has 30 heavy (non-hydrogen) atoms. The lowest BCUT2D eigenvalue weighted by Gasteiger charge is -2.32. The van der Waals surface area contributed by atoms with Gasteiger partial charge in [-0.3, -0.25) is 4.79 Å². The summed E-state index contributed by atoms with van der Waals surface area (Å²) >= 11 is 0. The second-order valence-corrected chi connectivity index (χ2v) is 8.66. The van der Waals surface area contributed by atoms with Crippen molar-refractivity contribution >= 4 is 11.9 Å². The molecule has 2 heterocycles. The van der Waals surface area contributed by atoms with Gasteiger partial charge in [0, 0.05) is 6.07 Å². The fourth-order valence-electron chi connectivity index (χ4n) is 3.78. The number of ether oxygens (including phenoxy) is 2. The number of carbonyl (C=O) groups is 1. The summed E-state index contributed by atoms with van der Waals surface area (Å²) in [7, 11) is 0. The first-order chi connectivity index (χ1) is 14.1. The molecule has 2 aromatic carbocycles. The number of hydrogen-bond donors (Lipinski definition) is 2. The monoisotopic (exact) mass is 406 g/mol. The molecular weight excluding hydrogens is 380 g/mol. The molecule has 0 spiro atoms. The molecule has 0 radical (unpaired) electrons. The number of Topliss-reactive ketones (excluding diaryl/α,β-unsaturated/α-hetero) is 1. The van der Waals surface area contributed by atoms with Gasteiger partial charge < -0.3 is 19.7 Å². The molecule has 0 unspecified atom stereocenters. The van der Waals surface area contributed by atoms with E-state index in [9.17, 15) is 15.0 Å². The molecule has 2 aliphatic heterocycles. The van der Waals surface area contributed by atoms with Gasteiger partial charge in [0.15, 0.2) is 5.78 Å². The number of allylic oxidation sites excluding steroid dienone is 2. The maximum atomic E-state index is 12.9. The third kappa shape index (κ3) is 3.67. The van der Waals surface area contributed by atoms with Crippen molar-refractivity contribution in [2.75, 3.05) is 0 Å². The number of hydrogen-bond acceptors (Lipinski definition) is 5. The number of fused-ring (bicyclic) bond motifs is 2. The number of ketones is 1. The number of benzene rings is 2. The Morgan fingerprint density at radius 2 is 1.97 bits per heavy atom. The molecule has 0 aliphatic carbocycles. The molecule has 156 valence electrons. The van der Waals surface area contributed by atoms with Crippen LogP contribution in [0.4, 0.5) is 0 Å². The SMILES string of the molecule is CC(C)=CCc1cc([C@H]2CC(=O)c3c(cc4c(c3O)C=CC(C)(C)O4)O2)ccc1O. The van der Waals surface area contributed by atoms with Crippen molar-refractivity contribution < 1.29 is 24.5 Å². The van der Waals surface area contributed by atoms with Crippen LogP contribution in [0.25, 0.3) is 6.08 Å². The van der Waals surface area contributed by atoms with E-state index in [-0.39, 0.29) is 29.3 Å². The zero-order chi connectivity index (χ0) is 21.6. The minimum atomic E-state index is -0.511. The van der Waals surface area contributed by atoms with Crippen LogP contribution in [-0.2, 0) is 6.42 Å². The predicted octanol–water partition coefficient (Wildman–Crippen LogP) is 5.50. The average molecular weight is 406 g/mol. The molecule has 0 saturated carbocycles. The summed E-state index contributed by atoms with van der Waals surface area (Å²) in [6.45, 7) is 7.85. The van der Waals surface area contributed by atoms with Crippen molar-refractivity contribution in [2.45, 2.75) is 52.2 Å². The molecule has 2 aromatic rings. The number of phenolic OH excluding ortho intramolecular Hbond substituents is 2. The highest BCUT2D eigenvalue weighted by Gasteiger charge is 2.35. The van der Waals surface area contributed by atoms with E-state index in [1.54, 1.807) is 24.3 Å². The largest absolute Gasteiger partial charge is 0.508 e. The molecule has 5 heteroatoms. The highest BCUT2D eigenvalue weighted by molar-refractivity contribution is 6.04. The molecule has 0 fully saturated rings. The fraction of sp³-hybridized carbons (Fsp3) is 0.320. The topological polar surface area (TPSA) is 76.0 Å². The van der Waals surface area contributed by atoms with Crippen molar-refractivity contribution in [3.05, 3.63) is 64.2 Å². The maximum absolute atomic E-state index is 12.9. The van der Waals surface area contributed by atoms with Crippen molar-refractivity contribution in [3.63, 3.8) is 0 Å². The minimum absolute atomic E-state index is 0.104. The lowest BCUT2D eigenvalue weighted by atomic mass is 9.91. The van der Waals surface area contributed by atoms with Gasteiger partial charge in [-0.15, -0.1) is 0 Å². The van der Waals surface area contributed by atoms with Gasteiger partial charge in [0.2, 0.25) is 0 Å². The Balaban J connectivity index is 1.70. The van der Waals surface area contributed by atoms with Gasteiger partial charge in [-0.25, -0.2) is 0 Å². The Hall–Kier alpha value is -3.21. The average Bonchev–Trinajstić information content (AvgIpc) is 2.65. The lowest BCUT2D eigenvalue weighted by Crippen LogP contribution is -2.28. The summed E-state index contributed by atoms with van der Waals surface area (Å²) in [5.41, 5.74) is 2.93. The first-order valence-corrected chi connectivity index (χ1v) is 10.1. The number of phenols is 2. The van der Waals surface area contributed by atoms with Crippen molar-refractivity contribution in [1.29, 1.82) is 0 Å². The van der Waals surface area contributed by atoms with E-state index in [2.05, 4.69) is 0 Å².